The van der Waals surface area contributed by atoms with Gasteiger partial charge in [-0.3, -0.25) is 9.59 Å². The van der Waals surface area contributed by atoms with Crippen molar-refractivity contribution in [2.24, 2.45) is 5.92 Å². The number of aliphatic carboxylic acids is 1. The summed E-state index contributed by atoms with van der Waals surface area (Å²) in [5.74, 6) is -1.23. The summed E-state index contributed by atoms with van der Waals surface area (Å²) < 4.78 is 0. The molecule has 0 atom stereocenters. The highest BCUT2D eigenvalue weighted by atomic mass is 16.6. The number of nitrogens with zero attached hydrogens (tertiary/aromatic N) is 2. The molecular weight excluding hydrogens is 266 g/mol. The fraction of sp³-hybridized carbons (Fsp3) is 0.500. The van der Waals surface area contributed by atoms with Crippen LogP contribution < -0.4 is 0 Å². The summed E-state index contributed by atoms with van der Waals surface area (Å²) in [4.78, 5) is 36.8. The van der Waals surface area contributed by atoms with Crippen molar-refractivity contribution < 1.29 is 19.6 Å². The smallest absolute Gasteiger partial charge is 0.321 e. The molecule has 0 aromatic carbocycles. The van der Waals surface area contributed by atoms with Gasteiger partial charge in [-0.1, -0.05) is 0 Å². The lowest BCUT2D eigenvalue weighted by Crippen LogP contribution is -2.39. The minimum atomic E-state index is -0.824. The Kier molecular flexibility index (Phi) is 4.02. The highest BCUT2D eigenvalue weighted by molar-refractivity contribution is 5.93. The van der Waals surface area contributed by atoms with E-state index in [9.17, 15) is 19.7 Å². The number of amides is 1. The summed E-state index contributed by atoms with van der Waals surface area (Å²) in [5.41, 5.74) is 0.188. The van der Waals surface area contributed by atoms with E-state index >= 15 is 0 Å². The van der Waals surface area contributed by atoms with Crippen molar-refractivity contribution in [1.29, 1.82) is 0 Å². The number of aromatic amines is 1. The van der Waals surface area contributed by atoms with E-state index in [0.717, 1.165) is 0 Å². The summed E-state index contributed by atoms with van der Waals surface area (Å²) in [5, 5.41) is 19.3. The predicted octanol–water partition coefficient (Wildman–Crippen LogP) is 1.25. The number of hydrogen-bond acceptors (Lipinski definition) is 4. The van der Waals surface area contributed by atoms with E-state index in [-0.39, 0.29) is 29.8 Å². The molecule has 0 aliphatic carbocycles. The molecule has 1 fully saturated rings. The van der Waals surface area contributed by atoms with E-state index in [2.05, 4.69) is 4.98 Å². The molecule has 2 rings (SSSR count). The van der Waals surface area contributed by atoms with Crippen LogP contribution in [0, 0.1) is 16.0 Å². The highest BCUT2D eigenvalue weighted by Gasteiger charge is 2.27. The molecule has 108 valence electrons. The lowest BCUT2D eigenvalue weighted by Gasteiger charge is -2.30. The Labute approximate surface area is 114 Å². The third-order valence-corrected chi connectivity index (χ3v) is 3.46. The number of carbonyl (C=O) groups is 2. The highest BCUT2D eigenvalue weighted by Crippen LogP contribution is 2.22. The van der Waals surface area contributed by atoms with Gasteiger partial charge in [0.1, 0.15) is 0 Å². The summed E-state index contributed by atoms with van der Waals surface area (Å²) >= 11 is 0. The number of piperidine rings is 1. The Morgan fingerprint density at radius 1 is 1.40 bits per heavy atom. The molecule has 8 heteroatoms. The standard InChI is InChI=1S/C12H15N3O5/c16-11(17)7-8-3-5-14(6-4-8)12(18)9-1-2-10(13-9)15(19)20/h1-2,8,13H,3-7H2,(H,16,17). The van der Waals surface area contributed by atoms with Crippen molar-refractivity contribution in [1.82, 2.24) is 9.88 Å². The van der Waals surface area contributed by atoms with Gasteiger partial charge in [-0.05, 0) is 29.7 Å². The molecule has 1 aromatic heterocycles. The van der Waals surface area contributed by atoms with Crippen LogP contribution in [-0.4, -0.2) is 44.9 Å². The number of H-pyrrole nitrogens is 1. The number of carbonyl (C=O) groups excluding carboxylic acids is 1. The van der Waals surface area contributed by atoms with Gasteiger partial charge in [-0.2, -0.15) is 0 Å². The SMILES string of the molecule is O=C(O)CC1CCN(C(=O)c2ccc([N+](=O)[O-])[nH]2)CC1. The van der Waals surface area contributed by atoms with Crippen molar-refractivity contribution >= 4 is 17.7 Å². The van der Waals surface area contributed by atoms with E-state index in [4.69, 9.17) is 5.11 Å². The quantitative estimate of drug-likeness (QED) is 0.636. The summed E-state index contributed by atoms with van der Waals surface area (Å²) in [6.07, 6.45) is 1.40. The van der Waals surface area contributed by atoms with Crippen LogP contribution in [0.2, 0.25) is 0 Å². The molecule has 0 radical (unpaired) electrons. The van der Waals surface area contributed by atoms with Crippen LogP contribution in [0.15, 0.2) is 12.1 Å². The molecule has 1 aliphatic rings. The van der Waals surface area contributed by atoms with Crippen LogP contribution in [0.3, 0.4) is 0 Å². The second kappa shape index (κ2) is 5.72. The van der Waals surface area contributed by atoms with Crippen molar-refractivity contribution in [2.45, 2.75) is 19.3 Å². The van der Waals surface area contributed by atoms with Gasteiger partial charge in [0.05, 0.1) is 0 Å². The Balaban J connectivity index is 1.94. The Bertz CT molecular complexity index is 531. The van der Waals surface area contributed by atoms with Gasteiger partial charge in [0.15, 0.2) is 5.69 Å². The lowest BCUT2D eigenvalue weighted by molar-refractivity contribution is -0.389. The Morgan fingerprint density at radius 3 is 2.55 bits per heavy atom. The van der Waals surface area contributed by atoms with Gasteiger partial charge in [0.25, 0.3) is 5.91 Å². The second-order valence-electron chi connectivity index (χ2n) is 4.85. The maximum atomic E-state index is 12.1. The van der Waals surface area contributed by atoms with Crippen molar-refractivity contribution in [3.8, 4) is 0 Å². The number of nitrogens with one attached hydrogen (secondary N) is 1. The Morgan fingerprint density at radius 2 is 2.05 bits per heavy atom. The normalized spacial score (nSPS) is 16.1. The number of carboxylic acid groups (broad SMARTS) is 1. The summed E-state index contributed by atoms with van der Waals surface area (Å²) in [7, 11) is 0. The summed E-state index contributed by atoms with van der Waals surface area (Å²) in [6, 6.07) is 2.65. The van der Waals surface area contributed by atoms with E-state index in [1.54, 1.807) is 4.90 Å². The molecule has 0 bridgehead atoms. The average Bonchev–Trinajstić information content (AvgIpc) is 2.88. The maximum absolute atomic E-state index is 12.1. The van der Waals surface area contributed by atoms with Gasteiger partial charge in [0, 0.05) is 25.6 Å². The molecule has 1 saturated heterocycles. The van der Waals surface area contributed by atoms with Crippen LogP contribution in [0.1, 0.15) is 29.8 Å². The molecule has 1 aromatic rings. The zero-order chi connectivity index (χ0) is 14.7. The molecule has 2 heterocycles. The van der Waals surface area contributed by atoms with Gasteiger partial charge < -0.3 is 20.1 Å². The van der Waals surface area contributed by atoms with Crippen molar-refractivity contribution in [2.75, 3.05) is 13.1 Å². The van der Waals surface area contributed by atoms with Crippen LogP contribution in [-0.2, 0) is 4.79 Å². The van der Waals surface area contributed by atoms with E-state index < -0.39 is 10.9 Å². The third-order valence-electron chi connectivity index (χ3n) is 3.46. The van der Waals surface area contributed by atoms with E-state index in [1.165, 1.54) is 12.1 Å². The minimum absolute atomic E-state index is 0.0922. The van der Waals surface area contributed by atoms with Crippen molar-refractivity contribution in [3.05, 3.63) is 27.9 Å². The number of aromatic nitrogens is 1. The first-order valence-electron chi connectivity index (χ1n) is 6.32. The van der Waals surface area contributed by atoms with E-state index in [1.807, 2.05) is 0 Å². The topological polar surface area (TPSA) is 117 Å². The fourth-order valence-electron chi connectivity index (χ4n) is 2.37. The van der Waals surface area contributed by atoms with Crippen LogP contribution in [0.4, 0.5) is 5.82 Å². The molecule has 20 heavy (non-hydrogen) atoms. The van der Waals surface area contributed by atoms with E-state index in [0.29, 0.717) is 25.9 Å². The molecule has 8 nitrogen and oxygen atoms in total. The molecule has 2 N–H and O–H groups in total. The molecule has 0 unspecified atom stereocenters. The number of rotatable bonds is 4. The maximum Gasteiger partial charge on any atom is 0.321 e. The Hall–Kier alpha value is -2.38. The van der Waals surface area contributed by atoms with Gasteiger partial charge in [-0.15, -0.1) is 0 Å². The van der Waals surface area contributed by atoms with Gasteiger partial charge in [0.2, 0.25) is 0 Å². The number of carboxylic acids is 1. The van der Waals surface area contributed by atoms with Crippen LogP contribution >= 0.6 is 0 Å². The second-order valence-corrected chi connectivity index (χ2v) is 4.85. The zero-order valence-electron chi connectivity index (χ0n) is 10.7. The summed E-state index contributed by atoms with van der Waals surface area (Å²) in [6.45, 7) is 0.952. The molecule has 0 saturated carbocycles. The molecule has 1 aliphatic heterocycles. The third kappa shape index (κ3) is 3.14. The monoisotopic (exact) mass is 281 g/mol. The minimum Gasteiger partial charge on any atom is -0.481 e. The average molecular weight is 281 g/mol. The lowest BCUT2D eigenvalue weighted by atomic mass is 9.93. The molecular formula is C12H15N3O5. The fourth-order valence-corrected chi connectivity index (χ4v) is 2.37. The first-order chi connectivity index (χ1) is 9.47. The first kappa shape index (κ1) is 14.0. The number of likely N-dealkylation sites (tertiary alicyclic amines) is 1. The van der Waals surface area contributed by atoms with Gasteiger partial charge >= 0.3 is 11.8 Å². The predicted molar refractivity (Wildman–Crippen MR) is 68.3 cm³/mol. The molecule has 0 spiro atoms. The van der Waals surface area contributed by atoms with Crippen molar-refractivity contribution in [3.63, 3.8) is 0 Å². The van der Waals surface area contributed by atoms with Crippen LogP contribution in [0.5, 0.6) is 0 Å². The largest absolute Gasteiger partial charge is 0.481 e. The van der Waals surface area contributed by atoms with Crippen LogP contribution in [0.25, 0.3) is 0 Å². The van der Waals surface area contributed by atoms with Gasteiger partial charge in [-0.25, -0.2) is 4.98 Å². The first-order valence-corrected chi connectivity index (χ1v) is 6.32. The molecule has 1 amide bonds. The number of nitro groups is 1. The zero-order valence-corrected chi connectivity index (χ0v) is 10.7. The number of hydrogen-bond donors (Lipinski definition) is 2.